The van der Waals surface area contributed by atoms with Gasteiger partial charge in [-0.05, 0) is 38.5 Å². The lowest BCUT2D eigenvalue weighted by Gasteiger charge is -2.40. The Morgan fingerprint density at radius 3 is 1.24 bits per heavy atom. The average molecular weight is 1010 g/mol. The summed E-state index contributed by atoms with van der Waals surface area (Å²) in [5.41, 5.74) is 0. The molecule has 12 nitrogen and oxygen atoms in total. The summed E-state index contributed by atoms with van der Waals surface area (Å²) in [7, 11) is 0. The summed E-state index contributed by atoms with van der Waals surface area (Å²) in [4.78, 5) is 51.0. The standard InChI is InChI=1S/C59H108O12/c1-4-7-10-13-16-19-22-23-24-25-26-27-28-29-32-33-36-39-42-45-51(60)67-48-50(69-52(61)46-43-40-37-34-30-20-17-14-11-8-5-2)49-68-59-57(55(64)54(63)56(71-59)58(65)66)70-53(62)47-44-41-38-35-31-21-18-15-12-9-6-3/h15,18,50,54-57,59,63-64H,4-14,16-17,19-49H2,1-3H3,(H,65,66)/b18-15-. The van der Waals surface area contributed by atoms with Gasteiger partial charge in [0.1, 0.15) is 18.8 Å². The Kier molecular flexibility index (Phi) is 45.3. The van der Waals surface area contributed by atoms with Crippen LogP contribution in [-0.4, -0.2) is 89.2 Å². The van der Waals surface area contributed by atoms with Gasteiger partial charge in [-0.25, -0.2) is 4.79 Å². The molecule has 0 bridgehead atoms. The third kappa shape index (κ3) is 38.7. The molecule has 6 unspecified atom stereocenters. The second kappa shape index (κ2) is 48.4. The fourth-order valence-corrected chi connectivity index (χ4v) is 9.23. The minimum absolute atomic E-state index is 0.0556. The number of unbranched alkanes of at least 4 members (excludes halogenated alkanes) is 35. The molecule has 1 fully saturated rings. The highest BCUT2D eigenvalue weighted by molar-refractivity contribution is 5.74. The maximum absolute atomic E-state index is 13.1. The third-order valence-electron chi connectivity index (χ3n) is 13.8. The number of aliphatic hydroxyl groups excluding tert-OH is 2. The summed E-state index contributed by atoms with van der Waals surface area (Å²) in [5, 5.41) is 31.4. The first-order chi connectivity index (χ1) is 34.6. The molecule has 0 aliphatic carbocycles. The summed E-state index contributed by atoms with van der Waals surface area (Å²) in [6.07, 6.45) is 40.6. The van der Waals surface area contributed by atoms with Crippen molar-refractivity contribution >= 4 is 23.9 Å². The van der Waals surface area contributed by atoms with Crippen LogP contribution in [0.1, 0.15) is 290 Å². The van der Waals surface area contributed by atoms with Crippen LogP contribution in [0.25, 0.3) is 0 Å². The van der Waals surface area contributed by atoms with Crippen molar-refractivity contribution in [2.24, 2.45) is 0 Å². The van der Waals surface area contributed by atoms with Crippen molar-refractivity contribution in [1.29, 1.82) is 0 Å². The van der Waals surface area contributed by atoms with Crippen molar-refractivity contribution in [3.63, 3.8) is 0 Å². The molecule has 0 aromatic heterocycles. The van der Waals surface area contributed by atoms with Crippen molar-refractivity contribution < 1.29 is 58.2 Å². The summed E-state index contributed by atoms with van der Waals surface area (Å²) in [6, 6.07) is 0. The van der Waals surface area contributed by atoms with Crippen LogP contribution in [0.2, 0.25) is 0 Å². The van der Waals surface area contributed by atoms with E-state index in [0.29, 0.717) is 19.3 Å². The molecular weight excluding hydrogens is 901 g/mol. The van der Waals surface area contributed by atoms with Crippen LogP contribution in [0, 0.1) is 0 Å². The maximum atomic E-state index is 13.1. The number of aliphatic carboxylic acids is 1. The minimum atomic E-state index is -1.90. The van der Waals surface area contributed by atoms with Crippen LogP contribution in [-0.2, 0) is 42.9 Å². The van der Waals surface area contributed by atoms with Crippen LogP contribution in [0.3, 0.4) is 0 Å². The van der Waals surface area contributed by atoms with Gasteiger partial charge in [0.2, 0.25) is 0 Å². The van der Waals surface area contributed by atoms with E-state index in [-0.39, 0.29) is 25.9 Å². The van der Waals surface area contributed by atoms with Crippen LogP contribution < -0.4 is 0 Å². The third-order valence-corrected chi connectivity index (χ3v) is 13.8. The number of aliphatic hydroxyl groups is 2. The number of hydrogen-bond donors (Lipinski definition) is 3. The number of carbonyl (C=O) groups excluding carboxylic acids is 3. The van der Waals surface area contributed by atoms with E-state index in [2.05, 4.69) is 32.9 Å². The molecule has 1 rings (SSSR count). The first-order valence-corrected chi connectivity index (χ1v) is 29.7. The van der Waals surface area contributed by atoms with Crippen LogP contribution in [0.5, 0.6) is 0 Å². The Bertz CT molecular complexity index is 1290. The molecule has 0 radical (unpaired) electrons. The van der Waals surface area contributed by atoms with Gasteiger partial charge in [-0.3, -0.25) is 14.4 Å². The number of hydrogen-bond acceptors (Lipinski definition) is 11. The normalized spacial score (nSPS) is 18.5. The van der Waals surface area contributed by atoms with Gasteiger partial charge < -0.3 is 39.0 Å². The Morgan fingerprint density at radius 1 is 0.451 bits per heavy atom. The van der Waals surface area contributed by atoms with Gasteiger partial charge in [0.15, 0.2) is 24.6 Å². The molecule has 12 heteroatoms. The van der Waals surface area contributed by atoms with Crippen LogP contribution in [0.15, 0.2) is 12.2 Å². The molecule has 0 spiro atoms. The number of carboxylic acids is 1. The zero-order chi connectivity index (χ0) is 51.8. The number of esters is 3. The molecule has 0 amide bonds. The van der Waals surface area contributed by atoms with E-state index in [1.165, 1.54) is 154 Å². The van der Waals surface area contributed by atoms with E-state index in [1.807, 2.05) is 0 Å². The number of rotatable bonds is 51. The van der Waals surface area contributed by atoms with Gasteiger partial charge in [0, 0.05) is 19.3 Å². The van der Waals surface area contributed by atoms with Gasteiger partial charge in [0.25, 0.3) is 0 Å². The van der Waals surface area contributed by atoms with Crippen molar-refractivity contribution in [3.8, 4) is 0 Å². The zero-order valence-electron chi connectivity index (χ0n) is 45.7. The number of allylic oxidation sites excluding steroid dienone is 2. The molecule has 0 aromatic rings. The van der Waals surface area contributed by atoms with Crippen LogP contribution >= 0.6 is 0 Å². The van der Waals surface area contributed by atoms with Gasteiger partial charge in [-0.2, -0.15) is 0 Å². The monoisotopic (exact) mass is 1010 g/mol. The summed E-state index contributed by atoms with van der Waals surface area (Å²) in [6.45, 7) is 5.96. The molecule has 3 N–H and O–H groups in total. The molecule has 6 atom stereocenters. The molecule has 1 heterocycles. The summed E-state index contributed by atoms with van der Waals surface area (Å²) in [5.74, 6) is -3.10. The predicted molar refractivity (Wildman–Crippen MR) is 285 cm³/mol. The Labute approximate surface area is 433 Å². The van der Waals surface area contributed by atoms with E-state index >= 15 is 0 Å². The highest BCUT2D eigenvalue weighted by Crippen LogP contribution is 2.27. The fraction of sp³-hybridized carbons (Fsp3) is 0.898. The summed E-state index contributed by atoms with van der Waals surface area (Å²) < 4.78 is 28.4. The number of carboxylic acid groups (broad SMARTS) is 1. The first-order valence-electron chi connectivity index (χ1n) is 29.7. The highest BCUT2D eigenvalue weighted by atomic mass is 16.7. The molecule has 1 saturated heterocycles. The fourth-order valence-electron chi connectivity index (χ4n) is 9.23. The van der Waals surface area contributed by atoms with E-state index in [9.17, 15) is 34.5 Å². The van der Waals surface area contributed by atoms with E-state index in [4.69, 9.17) is 23.7 Å². The van der Waals surface area contributed by atoms with Crippen molar-refractivity contribution in [2.45, 2.75) is 327 Å². The lowest BCUT2D eigenvalue weighted by Crippen LogP contribution is -2.61. The lowest BCUT2D eigenvalue weighted by atomic mass is 9.98. The SMILES string of the molecule is CCCC/C=C\CCCCCCCC(=O)OC1C(OCC(COC(=O)CCCCCCCCCCCCCCCCCCCCC)OC(=O)CCCCCCCCCCCCC)OC(C(=O)O)C(O)C1O. The van der Waals surface area contributed by atoms with Crippen LogP contribution in [0.4, 0.5) is 0 Å². The molecular formula is C59H108O12. The maximum Gasteiger partial charge on any atom is 0.335 e. The van der Waals surface area contributed by atoms with E-state index < -0.39 is 67.3 Å². The molecule has 0 saturated carbocycles. The van der Waals surface area contributed by atoms with E-state index in [1.54, 1.807) is 0 Å². The van der Waals surface area contributed by atoms with Gasteiger partial charge >= 0.3 is 23.9 Å². The minimum Gasteiger partial charge on any atom is -0.479 e. The first kappa shape index (κ1) is 66.5. The molecule has 1 aliphatic rings. The van der Waals surface area contributed by atoms with E-state index in [0.717, 1.165) is 77.0 Å². The van der Waals surface area contributed by atoms with Gasteiger partial charge in [-0.15, -0.1) is 0 Å². The zero-order valence-corrected chi connectivity index (χ0v) is 45.7. The lowest BCUT2D eigenvalue weighted by molar-refractivity contribution is -0.301. The molecule has 71 heavy (non-hydrogen) atoms. The largest absolute Gasteiger partial charge is 0.479 e. The molecule has 416 valence electrons. The van der Waals surface area contributed by atoms with Crippen molar-refractivity contribution in [3.05, 3.63) is 12.2 Å². The smallest absolute Gasteiger partial charge is 0.335 e. The molecule has 1 aliphatic heterocycles. The van der Waals surface area contributed by atoms with Gasteiger partial charge in [0.05, 0.1) is 6.61 Å². The number of ether oxygens (including phenoxy) is 5. The quantitative estimate of drug-likeness (QED) is 0.0228. The van der Waals surface area contributed by atoms with Crippen molar-refractivity contribution in [1.82, 2.24) is 0 Å². The van der Waals surface area contributed by atoms with Gasteiger partial charge in [-0.1, -0.05) is 245 Å². The predicted octanol–water partition coefficient (Wildman–Crippen LogP) is 14.9. The highest BCUT2D eigenvalue weighted by Gasteiger charge is 2.50. The second-order valence-corrected chi connectivity index (χ2v) is 20.6. The average Bonchev–Trinajstić information content (AvgIpc) is 3.35. The second-order valence-electron chi connectivity index (χ2n) is 20.6. The topological polar surface area (TPSA) is 175 Å². The Balaban J connectivity index is 2.62. The number of carbonyl (C=O) groups is 4. The van der Waals surface area contributed by atoms with Crippen molar-refractivity contribution in [2.75, 3.05) is 13.2 Å². The molecule has 0 aromatic carbocycles. The Morgan fingerprint density at radius 2 is 0.817 bits per heavy atom. The summed E-state index contributed by atoms with van der Waals surface area (Å²) >= 11 is 0. The Hall–Kier alpha value is -2.54.